The Morgan fingerprint density at radius 2 is 0.600 bits per heavy atom. The lowest BCUT2D eigenvalue weighted by Crippen LogP contribution is -2.37. The zero-order chi connectivity index (χ0) is 65.5. The van der Waals surface area contributed by atoms with Gasteiger partial charge in [0, 0.05) is 12.8 Å². The number of allylic oxidation sites excluding steroid dienone is 6. The summed E-state index contributed by atoms with van der Waals surface area (Å²) in [5.74, 6) is -0.806. The SMILES string of the molecule is CCCCCCC/C=C\C/C=C\C/C=C\CCCCCCCCCCCCCCCCCCCCCCCCCCC(=O)OC(COC(=O)CCCCCCCCCCCCCCCCCCCCCCCCCCCCC)COP(=O)([O-])OCC[N+](C)(C)C. The third kappa shape index (κ3) is 75.3. The van der Waals surface area contributed by atoms with Crippen LogP contribution < -0.4 is 4.89 Å². The van der Waals surface area contributed by atoms with Crippen molar-refractivity contribution < 1.29 is 42.1 Å². The molecule has 0 amide bonds. The van der Waals surface area contributed by atoms with E-state index in [0.29, 0.717) is 17.4 Å². The van der Waals surface area contributed by atoms with Crippen LogP contribution in [0.1, 0.15) is 412 Å². The Bertz CT molecular complexity index is 1610. The van der Waals surface area contributed by atoms with Gasteiger partial charge in [0.2, 0.25) is 0 Å². The maximum absolute atomic E-state index is 12.9. The van der Waals surface area contributed by atoms with Gasteiger partial charge in [0.25, 0.3) is 7.82 Å². The van der Waals surface area contributed by atoms with Gasteiger partial charge in [0.05, 0.1) is 27.7 Å². The van der Waals surface area contributed by atoms with Gasteiger partial charge in [0.1, 0.15) is 19.8 Å². The summed E-state index contributed by atoms with van der Waals surface area (Å²) in [5, 5.41) is 0. The van der Waals surface area contributed by atoms with Crippen LogP contribution >= 0.6 is 7.82 Å². The fraction of sp³-hybridized carbons (Fsp3) is 0.900. The fourth-order valence-corrected chi connectivity index (χ4v) is 12.8. The summed E-state index contributed by atoms with van der Waals surface area (Å²) < 4.78 is 34.4. The highest BCUT2D eigenvalue weighted by Crippen LogP contribution is 2.38. The van der Waals surface area contributed by atoms with Crippen molar-refractivity contribution in [1.29, 1.82) is 0 Å². The van der Waals surface area contributed by atoms with Crippen LogP contribution in [0, 0.1) is 0 Å². The summed E-state index contributed by atoms with van der Waals surface area (Å²) in [6.45, 7) is 4.31. The first kappa shape index (κ1) is 88.2. The molecular formula is C80H154NO8P. The molecule has 0 radical (unpaired) electrons. The molecule has 0 aliphatic rings. The van der Waals surface area contributed by atoms with E-state index in [1.54, 1.807) is 0 Å². The molecule has 532 valence electrons. The Hall–Kier alpha value is -1.77. The van der Waals surface area contributed by atoms with E-state index < -0.39 is 26.5 Å². The second-order valence-corrected chi connectivity index (χ2v) is 29.9. The highest BCUT2D eigenvalue weighted by Gasteiger charge is 2.22. The van der Waals surface area contributed by atoms with Crippen LogP contribution in [-0.4, -0.2) is 70.0 Å². The van der Waals surface area contributed by atoms with Gasteiger partial charge in [0.15, 0.2) is 6.10 Å². The van der Waals surface area contributed by atoms with E-state index in [9.17, 15) is 19.0 Å². The lowest BCUT2D eigenvalue weighted by atomic mass is 10.0. The first-order valence-electron chi connectivity index (χ1n) is 39.7. The van der Waals surface area contributed by atoms with E-state index in [1.807, 2.05) is 21.1 Å². The molecule has 0 aromatic rings. The quantitative estimate of drug-likeness (QED) is 0.0195. The van der Waals surface area contributed by atoms with Gasteiger partial charge >= 0.3 is 11.9 Å². The molecule has 0 bridgehead atoms. The number of ether oxygens (including phenoxy) is 2. The van der Waals surface area contributed by atoms with Crippen molar-refractivity contribution in [3.05, 3.63) is 36.5 Å². The number of rotatable bonds is 75. The zero-order valence-corrected chi connectivity index (χ0v) is 61.8. The third-order valence-corrected chi connectivity index (χ3v) is 19.1. The van der Waals surface area contributed by atoms with Crippen LogP contribution in [0.25, 0.3) is 0 Å². The van der Waals surface area contributed by atoms with Crippen molar-refractivity contribution in [3.8, 4) is 0 Å². The van der Waals surface area contributed by atoms with Gasteiger partial charge in [-0.2, -0.15) is 0 Å². The van der Waals surface area contributed by atoms with Gasteiger partial charge in [-0.05, 0) is 51.4 Å². The Kier molecular flexibility index (Phi) is 70.1. The smallest absolute Gasteiger partial charge is 0.306 e. The number of phosphoric ester groups is 1. The average Bonchev–Trinajstić information content (AvgIpc) is 3.58. The molecule has 0 spiro atoms. The monoisotopic (exact) mass is 1290 g/mol. The highest BCUT2D eigenvalue weighted by atomic mass is 31.2. The lowest BCUT2D eigenvalue weighted by Gasteiger charge is -2.28. The molecule has 0 heterocycles. The predicted octanol–water partition coefficient (Wildman–Crippen LogP) is 25.5. The van der Waals surface area contributed by atoms with Crippen LogP contribution in [0.3, 0.4) is 0 Å². The van der Waals surface area contributed by atoms with E-state index in [4.69, 9.17) is 18.5 Å². The Labute approximate surface area is 561 Å². The standard InChI is InChI=1S/C80H154NO8P/c1-6-8-10-12-14-16-18-20-22-24-26-28-30-32-34-35-36-37-38-39-40-41-42-43-44-45-47-49-51-53-55-57-59-61-63-65-67-69-71-73-80(83)89-78(77-88-90(84,85)87-75-74-81(3,4)5)76-86-79(82)72-70-68-66-64-62-60-58-56-54-52-50-48-46-33-31-29-27-25-23-21-19-17-15-13-11-9-7-2/h18,20,24,26,30,32,78H,6-17,19,21-23,25,27-29,31,33-77H2,1-5H3/b20-18-,26-24-,32-30-. The van der Waals surface area contributed by atoms with E-state index in [-0.39, 0.29) is 32.0 Å². The number of likely N-dealkylation sites (N-methyl/N-ethyl adjacent to an activating group) is 1. The second kappa shape index (κ2) is 71.5. The summed E-state index contributed by atoms with van der Waals surface area (Å²) in [5.41, 5.74) is 0. The number of hydrogen-bond donors (Lipinski definition) is 0. The van der Waals surface area contributed by atoms with Crippen LogP contribution in [0.15, 0.2) is 36.5 Å². The van der Waals surface area contributed by atoms with Crippen molar-refractivity contribution in [1.82, 2.24) is 0 Å². The molecule has 0 aliphatic heterocycles. The fourth-order valence-electron chi connectivity index (χ4n) is 12.1. The third-order valence-electron chi connectivity index (χ3n) is 18.2. The Balaban J connectivity index is 3.90. The first-order chi connectivity index (χ1) is 44.0. The first-order valence-corrected chi connectivity index (χ1v) is 41.2. The van der Waals surface area contributed by atoms with E-state index in [2.05, 4.69) is 50.3 Å². The van der Waals surface area contributed by atoms with Crippen molar-refractivity contribution in [2.75, 3.05) is 47.5 Å². The summed E-state index contributed by atoms with van der Waals surface area (Å²) in [6.07, 6.45) is 92.7. The molecule has 90 heavy (non-hydrogen) atoms. The number of carbonyl (C=O) groups excluding carboxylic acids is 2. The number of carbonyl (C=O) groups is 2. The van der Waals surface area contributed by atoms with Gasteiger partial charge in [-0.25, -0.2) is 0 Å². The minimum Gasteiger partial charge on any atom is -0.756 e. The van der Waals surface area contributed by atoms with Crippen molar-refractivity contribution in [2.24, 2.45) is 0 Å². The van der Waals surface area contributed by atoms with Gasteiger partial charge in [-0.15, -0.1) is 0 Å². The molecule has 0 saturated carbocycles. The molecule has 2 unspecified atom stereocenters. The molecule has 0 aromatic carbocycles. The highest BCUT2D eigenvalue weighted by molar-refractivity contribution is 7.45. The number of nitrogens with zero attached hydrogens (tertiary/aromatic N) is 1. The minimum atomic E-state index is -4.64. The van der Waals surface area contributed by atoms with Crippen LogP contribution in [0.5, 0.6) is 0 Å². The molecule has 10 heteroatoms. The summed E-state index contributed by atoms with van der Waals surface area (Å²) >= 11 is 0. The number of phosphoric acid groups is 1. The average molecular weight is 1290 g/mol. The van der Waals surface area contributed by atoms with E-state index >= 15 is 0 Å². The van der Waals surface area contributed by atoms with E-state index in [0.717, 1.165) is 44.9 Å². The molecular weight excluding hydrogens is 1130 g/mol. The summed E-state index contributed by atoms with van der Waals surface area (Å²) in [6, 6.07) is 0. The zero-order valence-electron chi connectivity index (χ0n) is 60.9. The van der Waals surface area contributed by atoms with Gasteiger partial charge < -0.3 is 27.9 Å². The summed E-state index contributed by atoms with van der Waals surface area (Å²) in [7, 11) is 1.19. The molecule has 0 fully saturated rings. The van der Waals surface area contributed by atoms with Gasteiger partial charge in [-0.1, -0.05) is 384 Å². The molecule has 9 nitrogen and oxygen atoms in total. The number of esters is 2. The predicted molar refractivity (Wildman–Crippen MR) is 388 cm³/mol. The molecule has 0 aromatic heterocycles. The largest absolute Gasteiger partial charge is 0.756 e. The topological polar surface area (TPSA) is 111 Å². The summed E-state index contributed by atoms with van der Waals surface area (Å²) in [4.78, 5) is 38.1. The number of quaternary nitrogens is 1. The van der Waals surface area contributed by atoms with Crippen molar-refractivity contribution in [2.45, 2.75) is 418 Å². The molecule has 0 N–H and O–H groups in total. The molecule has 0 rings (SSSR count). The normalized spacial score (nSPS) is 13.2. The van der Waals surface area contributed by atoms with Crippen molar-refractivity contribution in [3.63, 3.8) is 0 Å². The maximum Gasteiger partial charge on any atom is 0.306 e. The Morgan fingerprint density at radius 3 is 0.889 bits per heavy atom. The molecule has 0 aliphatic carbocycles. The van der Waals surface area contributed by atoms with Gasteiger partial charge in [-0.3, -0.25) is 14.2 Å². The Morgan fingerprint density at radius 1 is 0.344 bits per heavy atom. The van der Waals surface area contributed by atoms with Crippen LogP contribution in [-0.2, 0) is 32.7 Å². The van der Waals surface area contributed by atoms with Crippen LogP contribution in [0.2, 0.25) is 0 Å². The number of hydrogen-bond acceptors (Lipinski definition) is 8. The molecule has 2 atom stereocenters. The maximum atomic E-state index is 12.9. The van der Waals surface area contributed by atoms with Crippen molar-refractivity contribution >= 4 is 19.8 Å². The minimum absolute atomic E-state index is 0.0267. The second-order valence-electron chi connectivity index (χ2n) is 28.4. The molecule has 0 saturated heterocycles. The van der Waals surface area contributed by atoms with E-state index in [1.165, 1.54) is 334 Å². The lowest BCUT2D eigenvalue weighted by molar-refractivity contribution is -0.870. The van der Waals surface area contributed by atoms with Crippen LogP contribution in [0.4, 0.5) is 0 Å². The number of unbranched alkanes of at least 4 members (excludes halogenated alkanes) is 55.